The maximum absolute atomic E-state index is 14.2. The van der Waals surface area contributed by atoms with Crippen LogP contribution >= 0.6 is 0 Å². The molecule has 7 nitrogen and oxygen atoms in total. The molecule has 33 heavy (non-hydrogen) atoms. The van der Waals surface area contributed by atoms with Crippen LogP contribution in [0.25, 0.3) is 11.3 Å². The number of carbonyl (C=O) groups excluding carboxylic acids is 1. The van der Waals surface area contributed by atoms with Crippen LogP contribution in [0.1, 0.15) is 53.7 Å². The van der Waals surface area contributed by atoms with Gasteiger partial charge in [-0.25, -0.2) is 4.39 Å². The van der Waals surface area contributed by atoms with Gasteiger partial charge < -0.3 is 25.0 Å². The van der Waals surface area contributed by atoms with Crippen molar-refractivity contribution in [2.24, 2.45) is 0 Å². The van der Waals surface area contributed by atoms with E-state index in [0.717, 1.165) is 25.0 Å². The van der Waals surface area contributed by atoms with E-state index in [-0.39, 0.29) is 35.6 Å². The lowest BCUT2D eigenvalue weighted by Gasteiger charge is -2.26. The summed E-state index contributed by atoms with van der Waals surface area (Å²) in [5.74, 6) is -1.94. The Morgan fingerprint density at radius 1 is 1.21 bits per heavy atom. The average molecular weight is 471 g/mol. The van der Waals surface area contributed by atoms with Crippen LogP contribution in [0.2, 0.25) is 0 Å². The number of aliphatic hydroxyl groups is 1. The lowest BCUT2D eigenvalue weighted by atomic mass is 9.93. The van der Waals surface area contributed by atoms with Gasteiger partial charge in [-0.05, 0) is 44.2 Å². The molecule has 1 aliphatic heterocycles. The Balaban J connectivity index is 1.61. The van der Waals surface area contributed by atoms with Gasteiger partial charge in [0.25, 0.3) is 5.91 Å². The van der Waals surface area contributed by atoms with Gasteiger partial charge in [-0.1, -0.05) is 11.2 Å². The van der Waals surface area contributed by atoms with Crippen molar-refractivity contribution < 1.29 is 36.7 Å². The highest BCUT2D eigenvalue weighted by molar-refractivity contribution is 5.95. The van der Waals surface area contributed by atoms with Crippen LogP contribution in [0.3, 0.4) is 0 Å². The predicted molar refractivity (Wildman–Crippen MR) is 109 cm³/mol. The van der Waals surface area contributed by atoms with Crippen molar-refractivity contribution >= 4 is 5.91 Å². The first-order valence-corrected chi connectivity index (χ1v) is 10.9. The van der Waals surface area contributed by atoms with Gasteiger partial charge in [-0.15, -0.1) is 0 Å². The maximum atomic E-state index is 14.2. The molecular weight excluding hydrogens is 446 g/mol. The Morgan fingerprint density at radius 3 is 2.70 bits per heavy atom. The Bertz CT molecular complexity index is 989. The number of rotatable bonds is 6. The SMILES string of the molecule is O=C(N[C@@H]1CCC[C@H](O)C1)c1noc(-c2ccc(C(F)(F)F)c(F)c2)c1CNC1CCOC1. The summed E-state index contributed by atoms with van der Waals surface area (Å²) in [6, 6.07) is 2.26. The van der Waals surface area contributed by atoms with E-state index < -0.39 is 29.6 Å². The molecule has 1 aliphatic carbocycles. The topological polar surface area (TPSA) is 96.6 Å². The first kappa shape index (κ1) is 23.7. The quantitative estimate of drug-likeness (QED) is 0.559. The van der Waals surface area contributed by atoms with Crippen LogP contribution in [-0.4, -0.2) is 47.6 Å². The monoisotopic (exact) mass is 471 g/mol. The van der Waals surface area contributed by atoms with E-state index in [0.29, 0.717) is 44.1 Å². The van der Waals surface area contributed by atoms with Crippen LogP contribution in [0.5, 0.6) is 0 Å². The molecule has 2 fully saturated rings. The molecule has 1 saturated carbocycles. The van der Waals surface area contributed by atoms with Gasteiger partial charge >= 0.3 is 6.18 Å². The molecule has 3 atom stereocenters. The molecule has 2 aliphatic rings. The van der Waals surface area contributed by atoms with Gasteiger partial charge in [0.05, 0.1) is 18.3 Å². The minimum atomic E-state index is -4.83. The van der Waals surface area contributed by atoms with E-state index in [4.69, 9.17) is 9.26 Å². The minimum Gasteiger partial charge on any atom is -0.393 e. The summed E-state index contributed by atoms with van der Waals surface area (Å²) in [7, 11) is 0. The van der Waals surface area contributed by atoms with Crippen molar-refractivity contribution in [1.82, 2.24) is 15.8 Å². The fourth-order valence-corrected chi connectivity index (χ4v) is 4.26. The van der Waals surface area contributed by atoms with Crippen molar-refractivity contribution in [2.45, 2.75) is 63.0 Å². The number of amides is 1. The van der Waals surface area contributed by atoms with Crippen LogP contribution in [0, 0.1) is 5.82 Å². The van der Waals surface area contributed by atoms with Crippen molar-refractivity contribution in [3.63, 3.8) is 0 Å². The maximum Gasteiger partial charge on any atom is 0.419 e. The van der Waals surface area contributed by atoms with Crippen molar-refractivity contribution in [1.29, 1.82) is 0 Å². The lowest BCUT2D eigenvalue weighted by Crippen LogP contribution is -2.40. The van der Waals surface area contributed by atoms with Gasteiger partial charge in [0.15, 0.2) is 11.5 Å². The summed E-state index contributed by atoms with van der Waals surface area (Å²) in [5, 5.41) is 19.8. The molecule has 0 spiro atoms. The van der Waals surface area contributed by atoms with Crippen molar-refractivity contribution in [2.75, 3.05) is 13.2 Å². The van der Waals surface area contributed by atoms with Crippen molar-refractivity contribution in [3.05, 3.63) is 40.8 Å². The highest BCUT2D eigenvalue weighted by Crippen LogP contribution is 2.35. The molecule has 4 rings (SSSR count). The minimum absolute atomic E-state index is 0.0165. The van der Waals surface area contributed by atoms with Crippen LogP contribution in [-0.2, 0) is 17.5 Å². The molecule has 2 aromatic rings. The zero-order valence-electron chi connectivity index (χ0n) is 17.8. The number of benzene rings is 1. The summed E-state index contributed by atoms with van der Waals surface area (Å²) in [4.78, 5) is 12.9. The molecule has 2 heterocycles. The standard InChI is InChI=1S/C22H25F4N3O4/c23-18-8-12(4-5-17(18)22(24,25)26)20-16(10-27-14-6-7-32-11-14)19(29-33-20)21(31)28-13-2-1-3-15(30)9-13/h4-5,8,13-15,27,30H,1-3,6-7,9-11H2,(H,28,31)/t13-,14?,15+/m1/s1. The normalized spacial score (nSPS) is 23.6. The number of nitrogens with one attached hydrogen (secondary N) is 2. The Morgan fingerprint density at radius 2 is 2.03 bits per heavy atom. The number of hydrogen-bond donors (Lipinski definition) is 3. The van der Waals surface area contributed by atoms with E-state index in [1.807, 2.05) is 0 Å². The van der Waals surface area contributed by atoms with E-state index >= 15 is 0 Å². The number of carbonyl (C=O) groups is 1. The number of alkyl halides is 3. The number of halogens is 4. The second-order valence-corrected chi connectivity index (χ2v) is 8.46. The highest BCUT2D eigenvalue weighted by atomic mass is 19.4. The zero-order valence-corrected chi connectivity index (χ0v) is 17.8. The Kier molecular flexibility index (Phi) is 7.01. The van der Waals surface area contributed by atoms with E-state index in [9.17, 15) is 27.5 Å². The summed E-state index contributed by atoms with van der Waals surface area (Å²) in [5.41, 5.74) is -1.06. The number of aromatic nitrogens is 1. The average Bonchev–Trinajstić information content (AvgIpc) is 3.41. The van der Waals surface area contributed by atoms with Crippen LogP contribution < -0.4 is 10.6 Å². The Labute approximate surface area is 187 Å². The molecule has 1 saturated heterocycles. The molecule has 1 aromatic heterocycles. The molecule has 1 amide bonds. The van der Waals surface area contributed by atoms with E-state index in [1.54, 1.807) is 0 Å². The molecule has 11 heteroatoms. The van der Waals surface area contributed by atoms with Gasteiger partial charge in [0.1, 0.15) is 5.82 Å². The molecule has 1 unspecified atom stereocenters. The molecule has 1 aromatic carbocycles. The van der Waals surface area contributed by atoms with Gasteiger partial charge in [0, 0.05) is 36.4 Å². The smallest absolute Gasteiger partial charge is 0.393 e. The number of hydrogen-bond acceptors (Lipinski definition) is 6. The zero-order chi connectivity index (χ0) is 23.6. The Hall–Kier alpha value is -2.50. The van der Waals surface area contributed by atoms with Crippen LogP contribution in [0.4, 0.5) is 17.6 Å². The van der Waals surface area contributed by atoms with Gasteiger partial charge in [-0.2, -0.15) is 13.2 Å². The van der Waals surface area contributed by atoms with Gasteiger partial charge in [0.2, 0.25) is 0 Å². The fourth-order valence-electron chi connectivity index (χ4n) is 4.26. The fraction of sp³-hybridized carbons (Fsp3) is 0.545. The second-order valence-electron chi connectivity index (χ2n) is 8.46. The molecule has 0 bridgehead atoms. The van der Waals surface area contributed by atoms with Crippen LogP contribution in [0.15, 0.2) is 22.7 Å². The van der Waals surface area contributed by atoms with E-state index in [2.05, 4.69) is 15.8 Å². The summed E-state index contributed by atoms with van der Waals surface area (Å²) >= 11 is 0. The van der Waals surface area contributed by atoms with E-state index in [1.165, 1.54) is 0 Å². The lowest BCUT2D eigenvalue weighted by molar-refractivity contribution is -0.139. The first-order chi connectivity index (χ1) is 15.7. The molecule has 180 valence electrons. The summed E-state index contributed by atoms with van der Waals surface area (Å²) < 4.78 is 63.7. The third kappa shape index (κ3) is 5.53. The highest BCUT2D eigenvalue weighted by Gasteiger charge is 2.35. The molecular formula is C22H25F4N3O4. The van der Waals surface area contributed by atoms with Crippen molar-refractivity contribution in [3.8, 4) is 11.3 Å². The predicted octanol–water partition coefficient (Wildman–Crippen LogP) is 3.41. The number of nitrogens with zero attached hydrogens (tertiary/aromatic N) is 1. The largest absolute Gasteiger partial charge is 0.419 e. The second kappa shape index (κ2) is 9.78. The molecule has 3 N–H and O–H groups in total. The molecule has 0 radical (unpaired) electrons. The number of aliphatic hydroxyl groups excluding tert-OH is 1. The summed E-state index contributed by atoms with van der Waals surface area (Å²) in [6.07, 6.45) is -1.97. The third-order valence-electron chi connectivity index (χ3n) is 6.02. The first-order valence-electron chi connectivity index (χ1n) is 10.9. The third-order valence-corrected chi connectivity index (χ3v) is 6.02. The van der Waals surface area contributed by atoms with Gasteiger partial charge in [-0.3, -0.25) is 4.79 Å². The summed E-state index contributed by atoms with van der Waals surface area (Å²) in [6.45, 7) is 1.21. The number of ether oxygens (including phenoxy) is 1.